The lowest BCUT2D eigenvalue weighted by molar-refractivity contribution is 0.0950. The molecule has 0 saturated carbocycles. The Bertz CT molecular complexity index is 1320. The topological polar surface area (TPSA) is 127 Å². The summed E-state index contributed by atoms with van der Waals surface area (Å²) in [5.41, 5.74) is 9.96. The van der Waals surface area contributed by atoms with Gasteiger partial charge in [0.2, 0.25) is 5.16 Å². The van der Waals surface area contributed by atoms with Crippen LogP contribution in [-0.4, -0.2) is 31.5 Å². The summed E-state index contributed by atoms with van der Waals surface area (Å²) < 4.78 is 1.72. The van der Waals surface area contributed by atoms with Crippen LogP contribution in [0.1, 0.15) is 32.9 Å². The molecule has 0 unspecified atom stereocenters. The number of fused-ring (bicyclic) bond motifs is 1. The lowest BCUT2D eigenvalue weighted by Gasteiger charge is -2.10. The van der Waals surface area contributed by atoms with Gasteiger partial charge in [-0.15, -0.1) is 5.10 Å². The summed E-state index contributed by atoms with van der Waals surface area (Å²) in [5.74, 6) is 0.950. The van der Waals surface area contributed by atoms with Crippen molar-refractivity contribution in [3.8, 4) is 0 Å². The van der Waals surface area contributed by atoms with Crippen molar-refractivity contribution in [1.82, 2.24) is 24.9 Å². The first-order chi connectivity index (χ1) is 15.9. The molecule has 168 valence electrons. The van der Waals surface area contributed by atoms with Crippen molar-refractivity contribution in [2.75, 3.05) is 5.32 Å². The van der Waals surface area contributed by atoms with Gasteiger partial charge < -0.3 is 16.4 Å². The fraction of sp³-hybridized carbons (Fsp3) is 0.174. The van der Waals surface area contributed by atoms with Crippen molar-refractivity contribution in [2.45, 2.75) is 31.3 Å². The standard InChI is InChI=1S/C23H23N7O2S/c1-14-11-15(2)30-22(26-14)28-23(29-30)33-13-17-5-3-4-6-19(17)20(31)25-12-16-7-9-18(10-8-16)27-21(24)32/h3-11H,12-13H2,1-2H3,(H,25,31)(H3,24,27,32). The van der Waals surface area contributed by atoms with E-state index in [-0.39, 0.29) is 5.91 Å². The number of anilines is 1. The van der Waals surface area contributed by atoms with Crippen molar-refractivity contribution in [3.63, 3.8) is 0 Å². The number of primary amides is 1. The number of carbonyl (C=O) groups excluding carboxylic acids is 2. The first kappa shape index (κ1) is 22.3. The van der Waals surface area contributed by atoms with Gasteiger partial charge in [-0.25, -0.2) is 14.3 Å². The molecular weight excluding hydrogens is 438 g/mol. The maximum absolute atomic E-state index is 12.8. The van der Waals surface area contributed by atoms with Gasteiger partial charge in [-0.05, 0) is 49.2 Å². The van der Waals surface area contributed by atoms with E-state index in [1.54, 1.807) is 22.7 Å². The van der Waals surface area contributed by atoms with Crippen LogP contribution in [0.3, 0.4) is 0 Å². The van der Waals surface area contributed by atoms with Crippen molar-refractivity contribution in [2.24, 2.45) is 5.73 Å². The second kappa shape index (κ2) is 9.70. The average molecular weight is 462 g/mol. The summed E-state index contributed by atoms with van der Waals surface area (Å²) >= 11 is 1.46. The molecule has 4 aromatic rings. The molecule has 0 spiro atoms. The number of nitrogens with one attached hydrogen (secondary N) is 2. The molecule has 9 nitrogen and oxygen atoms in total. The molecule has 3 amide bonds. The van der Waals surface area contributed by atoms with Crippen LogP contribution in [0, 0.1) is 13.8 Å². The highest BCUT2D eigenvalue weighted by Crippen LogP contribution is 2.23. The van der Waals surface area contributed by atoms with E-state index >= 15 is 0 Å². The van der Waals surface area contributed by atoms with E-state index in [1.165, 1.54) is 11.8 Å². The molecule has 33 heavy (non-hydrogen) atoms. The minimum absolute atomic E-state index is 0.165. The molecule has 2 heterocycles. The lowest BCUT2D eigenvalue weighted by Crippen LogP contribution is -2.24. The van der Waals surface area contributed by atoms with E-state index in [2.05, 4.69) is 25.7 Å². The van der Waals surface area contributed by atoms with Gasteiger partial charge in [-0.3, -0.25) is 4.79 Å². The number of aromatic nitrogens is 4. The number of carbonyl (C=O) groups is 2. The van der Waals surface area contributed by atoms with Crippen LogP contribution >= 0.6 is 11.8 Å². The number of hydrogen-bond donors (Lipinski definition) is 3. The first-order valence-electron chi connectivity index (χ1n) is 10.2. The number of nitrogens with two attached hydrogens (primary N) is 1. The third kappa shape index (κ3) is 5.47. The zero-order valence-electron chi connectivity index (χ0n) is 18.2. The highest BCUT2D eigenvalue weighted by molar-refractivity contribution is 7.98. The Kier molecular flexibility index (Phi) is 6.55. The van der Waals surface area contributed by atoms with Crippen LogP contribution in [-0.2, 0) is 12.3 Å². The molecule has 0 saturated heterocycles. The number of benzene rings is 2. The second-order valence-electron chi connectivity index (χ2n) is 7.46. The van der Waals surface area contributed by atoms with Gasteiger partial charge in [0.05, 0.1) is 0 Å². The van der Waals surface area contributed by atoms with Crippen molar-refractivity contribution in [3.05, 3.63) is 82.7 Å². The molecule has 10 heteroatoms. The normalized spacial score (nSPS) is 10.8. The molecular formula is C23H23N7O2S. The number of aryl methyl sites for hydroxylation is 2. The summed E-state index contributed by atoms with van der Waals surface area (Å²) in [7, 11) is 0. The van der Waals surface area contributed by atoms with E-state index in [0.29, 0.717) is 34.5 Å². The average Bonchev–Trinajstić information content (AvgIpc) is 3.20. The summed E-state index contributed by atoms with van der Waals surface area (Å²) in [5, 5.41) is 10.6. The minimum Gasteiger partial charge on any atom is -0.351 e. The van der Waals surface area contributed by atoms with Gasteiger partial charge in [-0.1, -0.05) is 42.1 Å². The van der Waals surface area contributed by atoms with Crippen LogP contribution in [0.15, 0.2) is 59.8 Å². The SMILES string of the molecule is Cc1cc(C)n2nc(SCc3ccccc3C(=O)NCc3ccc(NC(N)=O)cc3)nc2n1. The summed E-state index contributed by atoms with van der Waals surface area (Å²) in [4.78, 5) is 32.7. The Morgan fingerprint density at radius 3 is 2.58 bits per heavy atom. The van der Waals surface area contributed by atoms with Crippen LogP contribution < -0.4 is 16.4 Å². The fourth-order valence-electron chi connectivity index (χ4n) is 3.34. The maximum atomic E-state index is 12.8. The van der Waals surface area contributed by atoms with E-state index in [0.717, 1.165) is 22.5 Å². The predicted molar refractivity (Wildman–Crippen MR) is 127 cm³/mol. The van der Waals surface area contributed by atoms with Gasteiger partial charge >= 0.3 is 6.03 Å². The Morgan fingerprint density at radius 2 is 1.82 bits per heavy atom. The molecule has 0 fully saturated rings. The van der Waals surface area contributed by atoms with Gasteiger partial charge in [0, 0.05) is 34.9 Å². The lowest BCUT2D eigenvalue weighted by atomic mass is 10.1. The van der Waals surface area contributed by atoms with Crippen LogP contribution in [0.4, 0.5) is 10.5 Å². The van der Waals surface area contributed by atoms with E-state index in [4.69, 9.17) is 5.73 Å². The molecule has 0 aliphatic heterocycles. The molecule has 0 aliphatic rings. The zero-order chi connectivity index (χ0) is 23.4. The molecule has 4 N–H and O–H groups in total. The smallest absolute Gasteiger partial charge is 0.316 e. The highest BCUT2D eigenvalue weighted by Gasteiger charge is 2.13. The zero-order valence-corrected chi connectivity index (χ0v) is 19.0. The van der Waals surface area contributed by atoms with Crippen LogP contribution in [0.25, 0.3) is 5.78 Å². The summed E-state index contributed by atoms with van der Waals surface area (Å²) in [6, 6.07) is 15.9. The number of nitrogens with zero attached hydrogens (tertiary/aromatic N) is 4. The monoisotopic (exact) mass is 461 g/mol. The largest absolute Gasteiger partial charge is 0.351 e. The third-order valence-electron chi connectivity index (χ3n) is 4.89. The molecule has 2 aromatic carbocycles. The second-order valence-corrected chi connectivity index (χ2v) is 8.40. The van der Waals surface area contributed by atoms with Gasteiger partial charge in [0.15, 0.2) is 0 Å². The number of thioether (sulfide) groups is 1. The maximum Gasteiger partial charge on any atom is 0.316 e. The molecule has 0 radical (unpaired) electrons. The van der Waals surface area contributed by atoms with Crippen molar-refractivity contribution in [1.29, 1.82) is 0 Å². The first-order valence-corrected chi connectivity index (χ1v) is 11.2. The Balaban J connectivity index is 1.41. The number of rotatable bonds is 7. The van der Waals surface area contributed by atoms with Crippen molar-refractivity contribution < 1.29 is 9.59 Å². The van der Waals surface area contributed by atoms with E-state index in [9.17, 15) is 9.59 Å². The molecule has 4 rings (SSSR count). The fourth-order valence-corrected chi connectivity index (χ4v) is 4.17. The summed E-state index contributed by atoms with van der Waals surface area (Å²) in [6.07, 6.45) is 0. The van der Waals surface area contributed by atoms with E-state index < -0.39 is 6.03 Å². The number of amides is 3. The molecule has 2 aromatic heterocycles. The Labute approximate surface area is 194 Å². The number of urea groups is 1. The van der Waals surface area contributed by atoms with Crippen molar-refractivity contribution >= 4 is 35.2 Å². The predicted octanol–water partition coefficient (Wildman–Crippen LogP) is 3.45. The van der Waals surface area contributed by atoms with Gasteiger partial charge in [0.25, 0.3) is 11.7 Å². The molecule has 0 bridgehead atoms. The van der Waals surface area contributed by atoms with E-state index in [1.807, 2.05) is 50.2 Å². The quantitative estimate of drug-likeness (QED) is 0.362. The van der Waals surface area contributed by atoms with Crippen LogP contribution in [0.5, 0.6) is 0 Å². The highest BCUT2D eigenvalue weighted by atomic mass is 32.2. The molecule has 0 aliphatic carbocycles. The summed E-state index contributed by atoms with van der Waals surface area (Å²) in [6.45, 7) is 4.25. The van der Waals surface area contributed by atoms with Crippen LogP contribution in [0.2, 0.25) is 0 Å². The minimum atomic E-state index is -0.620. The molecule has 0 atom stereocenters. The third-order valence-corrected chi connectivity index (χ3v) is 5.78. The number of hydrogen-bond acceptors (Lipinski definition) is 6. The van der Waals surface area contributed by atoms with Gasteiger partial charge in [-0.2, -0.15) is 4.98 Å². The van der Waals surface area contributed by atoms with Gasteiger partial charge in [0.1, 0.15) is 0 Å². The Morgan fingerprint density at radius 1 is 1.06 bits per heavy atom. The Hall–Kier alpha value is -3.92.